The van der Waals surface area contributed by atoms with Crippen LogP contribution in [0.2, 0.25) is 0 Å². The molecule has 0 fully saturated rings. The molecular formula is C13H16F3NO. The maximum Gasteiger partial charge on any atom is 0.487 e. The molecule has 0 unspecified atom stereocenters. The molecule has 0 radical (unpaired) electrons. The summed E-state index contributed by atoms with van der Waals surface area (Å²) in [6, 6.07) is 8.13. The van der Waals surface area contributed by atoms with E-state index in [2.05, 4.69) is 0 Å². The maximum atomic E-state index is 12.9. The zero-order valence-electron chi connectivity index (χ0n) is 10.6. The molecule has 0 aliphatic heterocycles. The Morgan fingerprint density at radius 1 is 1.11 bits per heavy atom. The lowest BCUT2D eigenvalue weighted by Gasteiger charge is -2.31. The van der Waals surface area contributed by atoms with Crippen LogP contribution in [0.3, 0.4) is 0 Å². The molecule has 1 aromatic rings. The van der Waals surface area contributed by atoms with Gasteiger partial charge >= 0.3 is 6.30 Å². The number of benzene rings is 1. The predicted octanol–water partition coefficient (Wildman–Crippen LogP) is 3.58. The number of hydrogen-bond donors (Lipinski definition) is 0. The molecular weight excluding hydrogens is 243 g/mol. The number of alkyl halides is 3. The van der Waals surface area contributed by atoms with Gasteiger partial charge in [0.1, 0.15) is 0 Å². The van der Waals surface area contributed by atoms with E-state index in [9.17, 15) is 18.0 Å². The minimum Gasteiger partial charge on any atom is -0.274 e. The van der Waals surface area contributed by atoms with Gasteiger partial charge in [-0.2, -0.15) is 0 Å². The van der Waals surface area contributed by atoms with Crippen molar-refractivity contribution in [2.75, 3.05) is 0 Å². The standard InChI is InChI=1S/C13H16F3NO/c1-12(2,3)11(18)17(13(14,15)16)9-10-7-5-4-6-8-10/h4-8H,9H2,1-3H3. The van der Waals surface area contributed by atoms with Gasteiger partial charge in [0.15, 0.2) is 0 Å². The van der Waals surface area contributed by atoms with Crippen LogP contribution in [0.5, 0.6) is 0 Å². The topological polar surface area (TPSA) is 20.3 Å². The molecule has 0 bridgehead atoms. The van der Waals surface area contributed by atoms with Crippen molar-refractivity contribution in [1.29, 1.82) is 0 Å². The minimum absolute atomic E-state index is 0.0394. The number of amides is 1. The number of carbonyl (C=O) groups is 1. The number of carbonyl (C=O) groups excluding carboxylic acids is 1. The van der Waals surface area contributed by atoms with Crippen LogP contribution in [0.15, 0.2) is 30.3 Å². The molecule has 0 heterocycles. The van der Waals surface area contributed by atoms with Gasteiger partial charge in [-0.3, -0.25) is 4.79 Å². The van der Waals surface area contributed by atoms with Crippen LogP contribution in [0, 0.1) is 5.41 Å². The first-order chi connectivity index (χ1) is 8.12. The summed E-state index contributed by atoms with van der Waals surface area (Å²) in [4.78, 5) is 11.8. The van der Waals surface area contributed by atoms with Crippen LogP contribution in [-0.4, -0.2) is 17.1 Å². The van der Waals surface area contributed by atoms with Gasteiger partial charge in [-0.05, 0) is 5.56 Å². The monoisotopic (exact) mass is 259 g/mol. The van der Waals surface area contributed by atoms with Gasteiger partial charge in [0.2, 0.25) is 5.91 Å². The third kappa shape index (κ3) is 3.75. The van der Waals surface area contributed by atoms with Crippen molar-refractivity contribution < 1.29 is 18.0 Å². The SMILES string of the molecule is CC(C)(C)C(=O)N(Cc1ccccc1)C(F)(F)F. The van der Waals surface area contributed by atoms with E-state index in [1.54, 1.807) is 30.3 Å². The normalized spacial score (nSPS) is 12.3. The Morgan fingerprint density at radius 2 is 1.61 bits per heavy atom. The molecule has 1 rings (SSSR count). The molecule has 1 amide bonds. The van der Waals surface area contributed by atoms with Gasteiger partial charge in [-0.25, -0.2) is 4.90 Å². The Bertz CT molecular complexity index is 406. The summed E-state index contributed by atoms with van der Waals surface area (Å²) in [5.74, 6) is -0.932. The van der Waals surface area contributed by atoms with E-state index < -0.39 is 24.2 Å². The van der Waals surface area contributed by atoms with Crippen molar-refractivity contribution in [3.05, 3.63) is 35.9 Å². The zero-order valence-corrected chi connectivity index (χ0v) is 10.6. The van der Waals surface area contributed by atoms with Crippen molar-refractivity contribution >= 4 is 5.91 Å². The Labute approximate surface area is 104 Å². The lowest BCUT2D eigenvalue weighted by Crippen LogP contribution is -2.47. The summed E-state index contributed by atoms with van der Waals surface area (Å²) in [5, 5.41) is 0. The highest BCUT2D eigenvalue weighted by atomic mass is 19.4. The molecule has 1 aromatic carbocycles. The average Bonchev–Trinajstić information content (AvgIpc) is 2.23. The van der Waals surface area contributed by atoms with Crippen molar-refractivity contribution in [3.8, 4) is 0 Å². The average molecular weight is 259 g/mol. The molecule has 0 atom stereocenters. The van der Waals surface area contributed by atoms with Crippen LogP contribution in [-0.2, 0) is 11.3 Å². The molecule has 0 N–H and O–H groups in total. The van der Waals surface area contributed by atoms with Crippen molar-refractivity contribution in [2.45, 2.75) is 33.6 Å². The molecule has 0 aromatic heterocycles. The van der Waals surface area contributed by atoms with Crippen LogP contribution >= 0.6 is 0 Å². The van der Waals surface area contributed by atoms with Gasteiger partial charge in [0, 0.05) is 5.41 Å². The van der Waals surface area contributed by atoms with Crippen molar-refractivity contribution in [1.82, 2.24) is 4.90 Å². The first kappa shape index (κ1) is 14.5. The molecule has 0 saturated carbocycles. The quantitative estimate of drug-likeness (QED) is 0.743. The molecule has 0 saturated heterocycles. The van der Waals surface area contributed by atoms with E-state index in [0.29, 0.717) is 5.56 Å². The Hall–Kier alpha value is -1.52. The number of hydrogen-bond acceptors (Lipinski definition) is 1. The van der Waals surface area contributed by atoms with E-state index in [1.165, 1.54) is 20.8 Å². The van der Waals surface area contributed by atoms with Crippen LogP contribution < -0.4 is 0 Å². The minimum atomic E-state index is -4.67. The van der Waals surface area contributed by atoms with Gasteiger partial charge in [0.25, 0.3) is 0 Å². The fourth-order valence-electron chi connectivity index (χ4n) is 1.45. The van der Waals surface area contributed by atoms with E-state index in [0.717, 1.165) is 0 Å². The van der Waals surface area contributed by atoms with Crippen LogP contribution in [0.25, 0.3) is 0 Å². The molecule has 0 aliphatic rings. The Morgan fingerprint density at radius 3 is 2.00 bits per heavy atom. The zero-order chi connectivity index (χ0) is 14.0. The first-order valence-corrected chi connectivity index (χ1v) is 5.55. The highest BCUT2D eigenvalue weighted by Crippen LogP contribution is 2.29. The lowest BCUT2D eigenvalue weighted by molar-refractivity contribution is -0.247. The largest absolute Gasteiger partial charge is 0.487 e. The summed E-state index contributed by atoms with van der Waals surface area (Å²) < 4.78 is 38.7. The number of rotatable bonds is 2. The Kier molecular flexibility index (Phi) is 4.04. The third-order valence-corrected chi connectivity index (χ3v) is 2.38. The number of nitrogens with zero attached hydrogens (tertiary/aromatic N) is 1. The molecule has 0 spiro atoms. The fourth-order valence-corrected chi connectivity index (χ4v) is 1.45. The van der Waals surface area contributed by atoms with E-state index >= 15 is 0 Å². The Balaban J connectivity index is 2.98. The van der Waals surface area contributed by atoms with Gasteiger partial charge < -0.3 is 0 Å². The molecule has 100 valence electrons. The third-order valence-electron chi connectivity index (χ3n) is 2.38. The van der Waals surface area contributed by atoms with Crippen LogP contribution in [0.1, 0.15) is 26.3 Å². The summed E-state index contributed by atoms with van der Waals surface area (Å²) in [7, 11) is 0. The summed E-state index contributed by atoms with van der Waals surface area (Å²) in [5.41, 5.74) is -0.614. The second-order valence-electron chi connectivity index (χ2n) is 5.09. The highest BCUT2D eigenvalue weighted by Gasteiger charge is 2.44. The summed E-state index contributed by atoms with van der Waals surface area (Å²) >= 11 is 0. The van der Waals surface area contributed by atoms with E-state index in [1.807, 2.05) is 0 Å². The second-order valence-corrected chi connectivity index (χ2v) is 5.09. The summed E-state index contributed by atoms with van der Waals surface area (Å²) in [6.45, 7) is 3.96. The predicted molar refractivity (Wildman–Crippen MR) is 62.5 cm³/mol. The second kappa shape index (κ2) is 5.00. The number of halogens is 3. The molecule has 5 heteroatoms. The smallest absolute Gasteiger partial charge is 0.274 e. The van der Waals surface area contributed by atoms with Gasteiger partial charge in [0.05, 0.1) is 6.54 Å². The lowest BCUT2D eigenvalue weighted by atomic mass is 9.94. The summed E-state index contributed by atoms with van der Waals surface area (Å²) in [6.07, 6.45) is -4.67. The van der Waals surface area contributed by atoms with Crippen molar-refractivity contribution in [2.24, 2.45) is 5.41 Å². The van der Waals surface area contributed by atoms with Crippen LogP contribution in [0.4, 0.5) is 13.2 Å². The fraction of sp³-hybridized carbons (Fsp3) is 0.462. The van der Waals surface area contributed by atoms with Gasteiger partial charge in [-0.15, -0.1) is 13.2 Å². The first-order valence-electron chi connectivity index (χ1n) is 5.55. The van der Waals surface area contributed by atoms with E-state index in [4.69, 9.17) is 0 Å². The van der Waals surface area contributed by atoms with Crippen molar-refractivity contribution in [3.63, 3.8) is 0 Å². The molecule has 0 aliphatic carbocycles. The van der Waals surface area contributed by atoms with Gasteiger partial charge in [-0.1, -0.05) is 51.1 Å². The molecule has 2 nitrogen and oxygen atoms in total. The molecule has 18 heavy (non-hydrogen) atoms. The maximum absolute atomic E-state index is 12.9. The highest BCUT2D eigenvalue weighted by molar-refractivity contribution is 5.81. The van der Waals surface area contributed by atoms with E-state index in [-0.39, 0.29) is 4.90 Å².